The number of hydrogen-bond acceptors (Lipinski definition) is 7. The number of carbonyl (C=O) groups is 1. The summed E-state index contributed by atoms with van der Waals surface area (Å²) in [6.45, 7) is 2.09. The lowest BCUT2D eigenvalue weighted by Gasteiger charge is -2.36. The third-order valence-corrected chi connectivity index (χ3v) is 6.52. The number of allylic oxidation sites excluding steroid dienone is 2. The molecule has 2 aliphatic rings. The molecule has 0 amide bonds. The second-order valence-corrected chi connectivity index (χ2v) is 8.26. The van der Waals surface area contributed by atoms with E-state index in [1.165, 1.54) is 17.5 Å². The minimum Gasteiger partial charge on any atom is -0.493 e. The molecule has 8 heteroatoms. The average Bonchev–Trinajstić information content (AvgIpc) is 3.30. The molecule has 3 aromatic rings. The second kappa shape index (κ2) is 8.27. The first-order valence-electron chi connectivity index (χ1n) is 10.8. The van der Waals surface area contributed by atoms with Gasteiger partial charge in [0.2, 0.25) is 11.7 Å². The number of anilines is 1. The largest absolute Gasteiger partial charge is 0.493 e. The number of methoxy groups -OCH3 is 3. The maximum Gasteiger partial charge on any atom is 0.226 e. The first-order chi connectivity index (χ1) is 16.1. The van der Waals surface area contributed by atoms with Crippen molar-refractivity contribution in [3.8, 4) is 17.2 Å². The predicted octanol–water partition coefficient (Wildman–Crippen LogP) is 4.03. The summed E-state index contributed by atoms with van der Waals surface area (Å²) in [5.41, 5.74) is 4.71. The molecule has 8 nitrogen and oxygen atoms in total. The first kappa shape index (κ1) is 21.1. The highest BCUT2D eigenvalue weighted by Crippen LogP contribution is 2.49. The number of Topliss-reactive ketones (excluding diaryl/α,β-unsaturated/α-hetero) is 1. The van der Waals surface area contributed by atoms with E-state index in [4.69, 9.17) is 14.2 Å². The zero-order valence-corrected chi connectivity index (χ0v) is 19.1. The Morgan fingerprint density at radius 3 is 2.48 bits per heavy atom. The summed E-state index contributed by atoms with van der Waals surface area (Å²) in [7, 11) is 4.72. The van der Waals surface area contributed by atoms with Crippen LogP contribution in [0.2, 0.25) is 0 Å². The van der Waals surface area contributed by atoms with Crippen molar-refractivity contribution in [1.82, 2.24) is 14.8 Å². The number of hydrogen-bond donors (Lipinski definition) is 1. The fourth-order valence-electron chi connectivity index (χ4n) is 5.04. The molecule has 0 unspecified atom stereocenters. The molecule has 0 saturated heterocycles. The number of aromatic nitrogens is 3. The van der Waals surface area contributed by atoms with Gasteiger partial charge in [-0.05, 0) is 42.5 Å². The maximum absolute atomic E-state index is 13.7. The van der Waals surface area contributed by atoms with Crippen molar-refractivity contribution in [3.05, 3.63) is 70.7 Å². The molecule has 0 radical (unpaired) electrons. The van der Waals surface area contributed by atoms with Gasteiger partial charge in [0.05, 0.1) is 21.3 Å². The molecule has 2 heterocycles. The highest BCUT2D eigenvalue weighted by atomic mass is 16.5. The highest BCUT2D eigenvalue weighted by molar-refractivity contribution is 6.00. The molecule has 0 fully saturated rings. The van der Waals surface area contributed by atoms with Gasteiger partial charge in [-0.15, -0.1) is 0 Å². The summed E-state index contributed by atoms with van der Waals surface area (Å²) >= 11 is 0. The van der Waals surface area contributed by atoms with E-state index in [1.54, 1.807) is 26.0 Å². The van der Waals surface area contributed by atoms with Crippen molar-refractivity contribution in [2.45, 2.75) is 31.7 Å². The van der Waals surface area contributed by atoms with Crippen molar-refractivity contribution >= 4 is 11.7 Å². The Labute approximate surface area is 192 Å². The number of rotatable bonds is 5. The number of nitrogens with one attached hydrogen (secondary N) is 1. The van der Waals surface area contributed by atoms with E-state index in [0.717, 1.165) is 11.3 Å². The van der Waals surface area contributed by atoms with E-state index in [0.29, 0.717) is 41.6 Å². The molecule has 1 N–H and O–H groups in total. The molecule has 5 rings (SSSR count). The molecule has 2 atom stereocenters. The van der Waals surface area contributed by atoms with Crippen molar-refractivity contribution in [2.75, 3.05) is 26.6 Å². The predicted molar refractivity (Wildman–Crippen MR) is 123 cm³/mol. The molecule has 170 valence electrons. The van der Waals surface area contributed by atoms with Crippen molar-refractivity contribution < 1.29 is 19.0 Å². The van der Waals surface area contributed by atoms with Gasteiger partial charge in [0.15, 0.2) is 17.3 Å². The molecule has 0 spiro atoms. The van der Waals surface area contributed by atoms with Gasteiger partial charge in [0, 0.05) is 23.3 Å². The van der Waals surface area contributed by atoms with Gasteiger partial charge < -0.3 is 19.5 Å². The number of nitrogens with zero attached hydrogens (tertiary/aromatic N) is 3. The van der Waals surface area contributed by atoms with Crippen LogP contribution in [-0.2, 0) is 4.79 Å². The van der Waals surface area contributed by atoms with Gasteiger partial charge in [-0.1, -0.05) is 24.3 Å². The minimum atomic E-state index is -0.487. The molecule has 0 bridgehead atoms. The molecule has 1 aromatic heterocycles. The zero-order valence-electron chi connectivity index (χ0n) is 19.1. The van der Waals surface area contributed by atoms with E-state index >= 15 is 0 Å². The van der Waals surface area contributed by atoms with Gasteiger partial charge in [-0.3, -0.25) is 4.79 Å². The average molecular weight is 447 g/mol. The summed E-state index contributed by atoms with van der Waals surface area (Å²) in [5, 5.41) is 7.80. The Morgan fingerprint density at radius 2 is 1.76 bits per heavy atom. The van der Waals surface area contributed by atoms with Gasteiger partial charge in [-0.25, -0.2) is 4.68 Å². The van der Waals surface area contributed by atoms with Crippen LogP contribution in [0.5, 0.6) is 17.2 Å². The molecular formula is C25H26N4O4. The highest BCUT2D eigenvalue weighted by Gasteiger charge is 2.41. The fourth-order valence-corrected chi connectivity index (χ4v) is 5.04. The second-order valence-electron chi connectivity index (χ2n) is 8.26. The van der Waals surface area contributed by atoms with Crippen molar-refractivity contribution in [2.24, 2.45) is 0 Å². The number of carbonyl (C=O) groups excluding carboxylic acids is 1. The van der Waals surface area contributed by atoms with Gasteiger partial charge in [0.1, 0.15) is 12.4 Å². The van der Waals surface area contributed by atoms with E-state index in [2.05, 4.69) is 34.5 Å². The van der Waals surface area contributed by atoms with Crippen LogP contribution in [0.4, 0.5) is 5.95 Å². The van der Waals surface area contributed by atoms with Crippen LogP contribution in [-0.4, -0.2) is 41.9 Å². The fraction of sp³-hybridized carbons (Fsp3) is 0.320. The monoisotopic (exact) mass is 446 g/mol. The van der Waals surface area contributed by atoms with Crippen LogP contribution in [0, 0.1) is 6.92 Å². The van der Waals surface area contributed by atoms with E-state index in [-0.39, 0.29) is 11.7 Å². The lowest BCUT2D eigenvalue weighted by molar-refractivity contribution is -0.116. The van der Waals surface area contributed by atoms with Crippen LogP contribution in [0.1, 0.15) is 41.5 Å². The van der Waals surface area contributed by atoms with Crippen LogP contribution in [0.3, 0.4) is 0 Å². The number of benzene rings is 2. The van der Waals surface area contributed by atoms with Crippen LogP contribution < -0.4 is 19.5 Å². The Morgan fingerprint density at radius 1 is 0.970 bits per heavy atom. The molecular weight excluding hydrogens is 420 g/mol. The van der Waals surface area contributed by atoms with Gasteiger partial charge in [-0.2, -0.15) is 10.1 Å². The Hall–Kier alpha value is -3.81. The van der Waals surface area contributed by atoms with Crippen molar-refractivity contribution in [3.63, 3.8) is 0 Å². The molecule has 0 saturated carbocycles. The van der Waals surface area contributed by atoms with E-state index < -0.39 is 6.04 Å². The number of ketones is 1. The van der Waals surface area contributed by atoms with Gasteiger partial charge >= 0.3 is 0 Å². The summed E-state index contributed by atoms with van der Waals surface area (Å²) in [6, 6.07) is 11.5. The van der Waals surface area contributed by atoms with Crippen LogP contribution in [0.25, 0.3) is 0 Å². The lowest BCUT2D eigenvalue weighted by atomic mass is 9.77. The molecule has 1 aliphatic carbocycles. The van der Waals surface area contributed by atoms with Crippen LogP contribution >= 0.6 is 0 Å². The van der Waals surface area contributed by atoms with Gasteiger partial charge in [0.25, 0.3) is 0 Å². The topological polar surface area (TPSA) is 87.5 Å². The Kier molecular flexibility index (Phi) is 5.28. The molecule has 33 heavy (non-hydrogen) atoms. The summed E-state index contributed by atoms with van der Waals surface area (Å²) in [5.74, 6) is 2.31. The third kappa shape index (κ3) is 3.33. The SMILES string of the molecule is COc1ccc([C@H]2C3=C(C[C@@H](c4ccccc4C)CC3=O)Nc3ncnn32)c(OC)c1OC. The maximum atomic E-state index is 13.7. The Balaban J connectivity index is 1.66. The summed E-state index contributed by atoms with van der Waals surface area (Å²) in [6.07, 6.45) is 2.64. The summed E-state index contributed by atoms with van der Waals surface area (Å²) < 4.78 is 18.5. The summed E-state index contributed by atoms with van der Waals surface area (Å²) in [4.78, 5) is 18.1. The third-order valence-electron chi connectivity index (χ3n) is 6.52. The number of aryl methyl sites for hydroxylation is 1. The standard InChI is InChI=1S/C25H26N4O4/c1-14-7-5-6-8-16(14)15-11-18-21(19(30)12-15)22(29-25(28-18)26-13-27-29)17-9-10-20(31-2)24(33-4)23(17)32-3/h5-10,13,15,22H,11-12H2,1-4H3,(H,26,27,28)/t15-,22+/m1/s1. The Bertz CT molecular complexity index is 1260. The van der Waals surface area contributed by atoms with Crippen LogP contribution in [0.15, 0.2) is 54.0 Å². The smallest absolute Gasteiger partial charge is 0.226 e. The quantitative estimate of drug-likeness (QED) is 0.633. The molecule has 1 aliphatic heterocycles. The molecule has 2 aromatic carbocycles. The van der Waals surface area contributed by atoms with E-state index in [9.17, 15) is 4.79 Å². The number of fused-ring (bicyclic) bond motifs is 1. The van der Waals surface area contributed by atoms with Crippen molar-refractivity contribution in [1.29, 1.82) is 0 Å². The normalized spacial score (nSPS) is 19.5. The first-order valence-corrected chi connectivity index (χ1v) is 10.8. The lowest BCUT2D eigenvalue weighted by Crippen LogP contribution is -2.34. The number of ether oxygens (including phenoxy) is 3. The minimum absolute atomic E-state index is 0.0833. The zero-order chi connectivity index (χ0) is 23.1. The van der Waals surface area contributed by atoms with E-state index in [1.807, 2.05) is 24.3 Å².